The van der Waals surface area contributed by atoms with Crippen LogP contribution >= 0.6 is 0 Å². The number of esters is 1. The fraction of sp³-hybridized carbons (Fsp3) is 0.462. The normalized spacial score (nSPS) is 16.7. The Hall–Kier alpha value is -1.80. The molecule has 0 saturated carbocycles. The van der Waals surface area contributed by atoms with Gasteiger partial charge in [0, 0.05) is 26.2 Å². The first kappa shape index (κ1) is 15.6. The molecule has 1 saturated heterocycles. The summed E-state index contributed by atoms with van der Waals surface area (Å²) in [7, 11) is -2.43. The van der Waals surface area contributed by atoms with Crippen molar-refractivity contribution < 1.29 is 17.9 Å². The van der Waals surface area contributed by atoms with Crippen molar-refractivity contribution in [1.82, 2.24) is 4.31 Å². The molecule has 1 aliphatic rings. The second-order valence-electron chi connectivity index (χ2n) is 4.78. The molecule has 116 valence electrons. The lowest BCUT2D eigenvalue weighted by Crippen LogP contribution is -2.50. The highest BCUT2D eigenvalue weighted by molar-refractivity contribution is 7.89. The Kier molecular flexibility index (Phi) is 4.69. The first-order valence-corrected chi connectivity index (χ1v) is 8.19. The minimum atomic E-state index is -3.61. The molecule has 1 aromatic carbocycles. The zero-order valence-corrected chi connectivity index (χ0v) is 12.7. The standard InChI is InChI=1S/C13H19N3O4S/c1-20-13(17)10-21(18,19)16-8-6-15(7-9-16)12-5-3-2-4-11(12)14/h2-5H,6-10,14H2,1H3. The van der Waals surface area contributed by atoms with Gasteiger partial charge in [-0.2, -0.15) is 4.31 Å². The van der Waals surface area contributed by atoms with Crippen LogP contribution in [0.2, 0.25) is 0 Å². The molecule has 1 fully saturated rings. The number of rotatable bonds is 4. The molecule has 0 atom stereocenters. The number of benzene rings is 1. The number of hydrogen-bond acceptors (Lipinski definition) is 6. The van der Waals surface area contributed by atoms with Gasteiger partial charge in [0.15, 0.2) is 5.75 Å². The summed E-state index contributed by atoms with van der Waals surface area (Å²) in [5.74, 6) is -1.36. The smallest absolute Gasteiger partial charge is 0.322 e. The number of carbonyl (C=O) groups excluding carboxylic acids is 1. The predicted molar refractivity (Wildman–Crippen MR) is 80.4 cm³/mol. The van der Waals surface area contributed by atoms with Gasteiger partial charge in [-0.05, 0) is 12.1 Å². The van der Waals surface area contributed by atoms with Crippen LogP contribution < -0.4 is 10.6 Å². The molecule has 21 heavy (non-hydrogen) atoms. The van der Waals surface area contributed by atoms with Crippen molar-refractivity contribution in [2.75, 3.05) is 49.7 Å². The largest absolute Gasteiger partial charge is 0.468 e. The van der Waals surface area contributed by atoms with E-state index in [1.807, 2.05) is 29.2 Å². The Balaban J connectivity index is 2.00. The van der Waals surface area contributed by atoms with Gasteiger partial charge in [0.25, 0.3) is 0 Å². The first-order chi connectivity index (χ1) is 9.94. The lowest BCUT2D eigenvalue weighted by atomic mass is 10.2. The lowest BCUT2D eigenvalue weighted by molar-refractivity contribution is -0.137. The fourth-order valence-electron chi connectivity index (χ4n) is 2.28. The van der Waals surface area contributed by atoms with E-state index in [4.69, 9.17) is 5.73 Å². The Bertz CT molecular complexity index is 610. The van der Waals surface area contributed by atoms with Gasteiger partial charge in [-0.15, -0.1) is 0 Å². The molecule has 0 aromatic heterocycles. The summed E-state index contributed by atoms with van der Waals surface area (Å²) in [5, 5.41) is 0. The number of anilines is 2. The second-order valence-corrected chi connectivity index (χ2v) is 6.75. The third-order valence-corrected chi connectivity index (χ3v) is 5.19. The van der Waals surface area contributed by atoms with E-state index in [-0.39, 0.29) is 0 Å². The predicted octanol–water partition coefficient (Wildman–Crippen LogP) is -0.106. The number of nitrogens with two attached hydrogens (primary N) is 1. The Morgan fingerprint density at radius 2 is 1.86 bits per heavy atom. The van der Waals surface area contributed by atoms with Crippen molar-refractivity contribution in [2.24, 2.45) is 0 Å². The summed E-state index contributed by atoms with van der Waals surface area (Å²) in [4.78, 5) is 13.2. The molecule has 0 amide bonds. The molecule has 1 heterocycles. The van der Waals surface area contributed by atoms with Crippen LogP contribution in [0.5, 0.6) is 0 Å². The van der Waals surface area contributed by atoms with E-state index in [1.165, 1.54) is 11.4 Å². The summed E-state index contributed by atoms with van der Waals surface area (Å²) in [6, 6.07) is 7.48. The minimum Gasteiger partial charge on any atom is -0.468 e. The van der Waals surface area contributed by atoms with E-state index in [2.05, 4.69) is 4.74 Å². The van der Waals surface area contributed by atoms with Crippen molar-refractivity contribution in [3.05, 3.63) is 24.3 Å². The summed E-state index contributed by atoms with van der Waals surface area (Å²) in [5.41, 5.74) is 7.50. The number of nitrogen functional groups attached to an aromatic ring is 1. The molecule has 2 N–H and O–H groups in total. The number of nitrogens with zero attached hydrogens (tertiary/aromatic N) is 2. The molecule has 0 radical (unpaired) electrons. The summed E-state index contributed by atoms with van der Waals surface area (Å²) < 4.78 is 29.8. The van der Waals surface area contributed by atoms with Gasteiger partial charge in [0.05, 0.1) is 18.5 Å². The van der Waals surface area contributed by atoms with Gasteiger partial charge in [-0.3, -0.25) is 4.79 Å². The van der Waals surface area contributed by atoms with Crippen LogP contribution in [0, 0.1) is 0 Å². The van der Waals surface area contributed by atoms with Gasteiger partial charge < -0.3 is 15.4 Å². The van der Waals surface area contributed by atoms with Crippen LogP contribution in [0.3, 0.4) is 0 Å². The fourth-order valence-corrected chi connectivity index (χ4v) is 3.60. The van der Waals surface area contributed by atoms with Crippen LogP contribution in [-0.2, 0) is 19.6 Å². The molecule has 1 aromatic rings. The van der Waals surface area contributed by atoms with Crippen LogP contribution in [-0.4, -0.2) is 57.7 Å². The number of para-hydroxylation sites is 2. The second kappa shape index (κ2) is 6.31. The topological polar surface area (TPSA) is 92.9 Å². The number of piperazine rings is 1. The number of methoxy groups -OCH3 is 1. The quantitative estimate of drug-likeness (QED) is 0.616. The molecule has 0 unspecified atom stereocenters. The average Bonchev–Trinajstić information content (AvgIpc) is 2.47. The SMILES string of the molecule is COC(=O)CS(=O)(=O)N1CCN(c2ccccc2N)CC1. The molecule has 0 aliphatic carbocycles. The average molecular weight is 313 g/mol. The highest BCUT2D eigenvalue weighted by Crippen LogP contribution is 2.24. The third kappa shape index (κ3) is 3.64. The van der Waals surface area contributed by atoms with E-state index in [0.717, 1.165) is 5.69 Å². The van der Waals surface area contributed by atoms with Gasteiger partial charge >= 0.3 is 5.97 Å². The summed E-state index contributed by atoms with van der Waals surface area (Å²) in [6.07, 6.45) is 0. The maximum Gasteiger partial charge on any atom is 0.322 e. The third-order valence-electron chi connectivity index (χ3n) is 3.44. The van der Waals surface area contributed by atoms with E-state index in [1.54, 1.807) is 0 Å². The van der Waals surface area contributed by atoms with Crippen molar-refractivity contribution in [1.29, 1.82) is 0 Å². The van der Waals surface area contributed by atoms with E-state index in [9.17, 15) is 13.2 Å². The van der Waals surface area contributed by atoms with Crippen molar-refractivity contribution in [3.8, 4) is 0 Å². The van der Waals surface area contributed by atoms with Gasteiger partial charge in [-0.1, -0.05) is 12.1 Å². The van der Waals surface area contributed by atoms with Crippen LogP contribution in [0.1, 0.15) is 0 Å². The molecule has 0 bridgehead atoms. The number of carbonyl (C=O) groups is 1. The maximum absolute atomic E-state index is 12.0. The molecule has 1 aliphatic heterocycles. The van der Waals surface area contributed by atoms with Crippen LogP contribution in [0.15, 0.2) is 24.3 Å². The first-order valence-electron chi connectivity index (χ1n) is 6.58. The lowest BCUT2D eigenvalue weighted by Gasteiger charge is -2.35. The van der Waals surface area contributed by atoms with E-state index >= 15 is 0 Å². The Morgan fingerprint density at radius 1 is 1.24 bits per heavy atom. The highest BCUT2D eigenvalue weighted by Gasteiger charge is 2.29. The highest BCUT2D eigenvalue weighted by atomic mass is 32.2. The van der Waals surface area contributed by atoms with E-state index < -0.39 is 21.7 Å². The number of sulfonamides is 1. The summed E-state index contributed by atoms with van der Waals surface area (Å²) >= 11 is 0. The van der Waals surface area contributed by atoms with Gasteiger partial charge in [-0.25, -0.2) is 8.42 Å². The zero-order chi connectivity index (χ0) is 15.5. The zero-order valence-electron chi connectivity index (χ0n) is 11.9. The van der Waals surface area contributed by atoms with Crippen LogP contribution in [0.25, 0.3) is 0 Å². The minimum absolute atomic E-state index is 0.327. The number of ether oxygens (including phenoxy) is 1. The molecular formula is C13H19N3O4S. The maximum atomic E-state index is 12.0. The van der Waals surface area contributed by atoms with Crippen molar-refractivity contribution >= 4 is 27.4 Å². The molecule has 8 heteroatoms. The van der Waals surface area contributed by atoms with Crippen LogP contribution in [0.4, 0.5) is 11.4 Å². The molecule has 0 spiro atoms. The molecule has 2 rings (SSSR count). The van der Waals surface area contributed by atoms with Gasteiger partial charge in [0.1, 0.15) is 0 Å². The number of hydrogen-bond donors (Lipinski definition) is 1. The molecular weight excluding hydrogens is 294 g/mol. The monoisotopic (exact) mass is 313 g/mol. The Morgan fingerprint density at radius 3 is 2.43 bits per heavy atom. The van der Waals surface area contributed by atoms with Crippen molar-refractivity contribution in [3.63, 3.8) is 0 Å². The van der Waals surface area contributed by atoms with Gasteiger partial charge in [0.2, 0.25) is 10.0 Å². The van der Waals surface area contributed by atoms with Crippen molar-refractivity contribution in [2.45, 2.75) is 0 Å². The Labute approximate surface area is 124 Å². The van der Waals surface area contributed by atoms with E-state index in [0.29, 0.717) is 31.9 Å². The molecule has 7 nitrogen and oxygen atoms in total. The summed E-state index contributed by atoms with van der Waals surface area (Å²) in [6.45, 7) is 1.73.